The summed E-state index contributed by atoms with van der Waals surface area (Å²) < 4.78 is 23.4. The number of nitrogens with zero attached hydrogens (tertiary/aromatic N) is 4. The van der Waals surface area contributed by atoms with Gasteiger partial charge in [0.05, 0.1) is 22.6 Å². The Morgan fingerprint density at radius 3 is 1.56 bits per heavy atom. The zero-order chi connectivity index (χ0) is 31.7. The van der Waals surface area contributed by atoms with Crippen molar-refractivity contribution in [3.8, 4) is 45.9 Å². The van der Waals surface area contributed by atoms with Crippen molar-refractivity contribution in [1.29, 1.82) is 10.5 Å². The van der Waals surface area contributed by atoms with Gasteiger partial charge >= 0.3 is 0 Å². The third-order valence-corrected chi connectivity index (χ3v) is 9.60. The molecule has 0 bridgehead atoms. The van der Waals surface area contributed by atoms with Gasteiger partial charge < -0.3 is 9.64 Å². The standard InChI is InChI=1S/C39H31FN4O/c1-38(2)34-28(22-41)37(29(23-42)36(40)35(34)39(3,4)43(38)5)44-30-18-16-26(24-12-8-6-9-13-24)20-32(30)45-33-21-27(17-19-31(33)44)25-14-10-7-11-15-25/h6-21H,1-5H3. The van der Waals surface area contributed by atoms with E-state index < -0.39 is 16.9 Å². The molecule has 5 aromatic rings. The lowest BCUT2D eigenvalue weighted by atomic mass is 9.83. The summed E-state index contributed by atoms with van der Waals surface area (Å²) in [5.41, 5.74) is 5.07. The Labute approximate surface area is 263 Å². The lowest BCUT2D eigenvalue weighted by molar-refractivity contribution is 0.0716. The molecule has 0 unspecified atom stereocenters. The molecular weight excluding hydrogens is 559 g/mol. The van der Waals surface area contributed by atoms with Crippen LogP contribution in [0.15, 0.2) is 97.1 Å². The maximum atomic E-state index is 16.8. The summed E-state index contributed by atoms with van der Waals surface area (Å²) >= 11 is 0. The highest BCUT2D eigenvalue weighted by Crippen LogP contribution is 2.58. The number of ether oxygens (including phenoxy) is 1. The van der Waals surface area contributed by atoms with Gasteiger partial charge in [-0.05, 0) is 86.8 Å². The molecule has 2 heterocycles. The first-order valence-corrected chi connectivity index (χ1v) is 14.9. The number of halogens is 1. The highest BCUT2D eigenvalue weighted by Gasteiger charge is 2.52. The van der Waals surface area contributed by atoms with Crippen LogP contribution in [0.5, 0.6) is 11.5 Å². The van der Waals surface area contributed by atoms with Crippen LogP contribution in [0.4, 0.5) is 21.5 Å². The Kier molecular flexibility index (Phi) is 6.34. The topological polar surface area (TPSA) is 63.3 Å². The Bertz CT molecular complexity index is 2000. The van der Waals surface area contributed by atoms with Crippen molar-refractivity contribution in [1.82, 2.24) is 4.90 Å². The molecule has 0 atom stereocenters. The summed E-state index contributed by atoms with van der Waals surface area (Å²) in [6.45, 7) is 7.86. The maximum Gasteiger partial charge on any atom is 0.152 e. The predicted octanol–water partition coefficient (Wildman–Crippen LogP) is 9.89. The Morgan fingerprint density at radius 2 is 1.09 bits per heavy atom. The molecule has 5 nitrogen and oxygen atoms in total. The van der Waals surface area contributed by atoms with E-state index in [0.717, 1.165) is 22.3 Å². The fourth-order valence-electron chi connectivity index (χ4n) is 7.03. The lowest BCUT2D eigenvalue weighted by Gasteiger charge is -2.37. The van der Waals surface area contributed by atoms with E-state index in [1.54, 1.807) is 0 Å². The Hall–Kier alpha value is -5.43. The summed E-state index contributed by atoms with van der Waals surface area (Å²) in [7, 11) is 1.93. The van der Waals surface area contributed by atoms with Gasteiger partial charge in [0.1, 0.15) is 23.5 Å². The average Bonchev–Trinajstić information content (AvgIpc) is 3.20. The number of nitriles is 2. The summed E-state index contributed by atoms with van der Waals surface area (Å²) in [4.78, 5) is 3.90. The van der Waals surface area contributed by atoms with E-state index in [0.29, 0.717) is 34.0 Å². The number of benzene rings is 5. The van der Waals surface area contributed by atoms with Crippen LogP contribution in [0.1, 0.15) is 49.9 Å². The van der Waals surface area contributed by atoms with Gasteiger partial charge in [-0.15, -0.1) is 0 Å². The lowest BCUT2D eigenvalue weighted by Crippen LogP contribution is -2.42. The normalized spacial score (nSPS) is 15.7. The fraction of sp³-hybridized carbons (Fsp3) is 0.179. The molecule has 2 aliphatic rings. The summed E-state index contributed by atoms with van der Waals surface area (Å²) in [6, 6.07) is 36.3. The molecule has 0 N–H and O–H groups in total. The third-order valence-electron chi connectivity index (χ3n) is 9.60. The molecule has 0 spiro atoms. The van der Waals surface area contributed by atoms with E-state index in [2.05, 4.69) is 17.0 Å². The van der Waals surface area contributed by atoms with E-state index >= 15 is 4.39 Å². The molecule has 0 saturated carbocycles. The van der Waals surface area contributed by atoms with Crippen molar-refractivity contribution in [3.63, 3.8) is 0 Å². The number of fused-ring (bicyclic) bond motifs is 3. The molecule has 2 aliphatic heterocycles. The molecule has 0 aliphatic carbocycles. The van der Waals surface area contributed by atoms with E-state index in [1.807, 2.05) is 137 Å². The highest BCUT2D eigenvalue weighted by atomic mass is 19.1. The van der Waals surface area contributed by atoms with Crippen LogP contribution >= 0.6 is 0 Å². The van der Waals surface area contributed by atoms with E-state index in [-0.39, 0.29) is 16.8 Å². The van der Waals surface area contributed by atoms with Crippen molar-refractivity contribution in [2.75, 3.05) is 11.9 Å². The molecule has 0 radical (unpaired) electrons. The average molecular weight is 591 g/mol. The molecule has 0 aromatic heterocycles. The minimum Gasteiger partial charge on any atom is -0.453 e. The van der Waals surface area contributed by atoms with Gasteiger partial charge in [-0.2, -0.15) is 10.5 Å². The summed E-state index contributed by atoms with van der Waals surface area (Å²) in [5, 5.41) is 21.4. The monoisotopic (exact) mass is 590 g/mol. The molecule has 0 amide bonds. The van der Waals surface area contributed by atoms with Crippen LogP contribution in [-0.2, 0) is 11.1 Å². The van der Waals surface area contributed by atoms with Crippen LogP contribution in [0.25, 0.3) is 22.3 Å². The van der Waals surface area contributed by atoms with Gasteiger partial charge in [-0.3, -0.25) is 4.90 Å². The second kappa shape index (κ2) is 10.1. The summed E-state index contributed by atoms with van der Waals surface area (Å²) in [5.74, 6) is 0.485. The van der Waals surface area contributed by atoms with Gasteiger partial charge in [0.25, 0.3) is 0 Å². The molecule has 0 saturated heterocycles. The van der Waals surface area contributed by atoms with Crippen LogP contribution in [0.3, 0.4) is 0 Å². The predicted molar refractivity (Wildman–Crippen MR) is 175 cm³/mol. The molecule has 5 aromatic carbocycles. The Morgan fingerprint density at radius 1 is 0.622 bits per heavy atom. The van der Waals surface area contributed by atoms with Crippen molar-refractivity contribution in [2.24, 2.45) is 0 Å². The third kappa shape index (κ3) is 4.07. The molecule has 45 heavy (non-hydrogen) atoms. The largest absolute Gasteiger partial charge is 0.453 e. The van der Waals surface area contributed by atoms with Crippen LogP contribution in [-0.4, -0.2) is 11.9 Å². The maximum absolute atomic E-state index is 16.8. The van der Waals surface area contributed by atoms with E-state index in [9.17, 15) is 10.5 Å². The SMILES string of the molecule is CN1C(C)(C)c2c(F)c(C#N)c(N3c4ccc(-c5ccccc5)cc4Oc4cc(-c5ccccc5)ccc43)c(C#N)c2C1(C)C. The number of rotatable bonds is 3. The van der Waals surface area contributed by atoms with E-state index in [1.165, 1.54) is 0 Å². The Balaban J connectivity index is 1.55. The van der Waals surface area contributed by atoms with Crippen LogP contribution in [0, 0.1) is 28.5 Å². The van der Waals surface area contributed by atoms with E-state index in [4.69, 9.17) is 4.74 Å². The number of hydrogen-bond donors (Lipinski definition) is 0. The summed E-state index contributed by atoms with van der Waals surface area (Å²) in [6.07, 6.45) is 0. The first-order chi connectivity index (χ1) is 21.6. The molecule has 0 fully saturated rings. The minimum absolute atomic E-state index is 0.164. The van der Waals surface area contributed by atoms with Crippen LogP contribution in [0.2, 0.25) is 0 Å². The van der Waals surface area contributed by atoms with Gasteiger partial charge in [0.15, 0.2) is 11.5 Å². The first-order valence-electron chi connectivity index (χ1n) is 14.9. The van der Waals surface area contributed by atoms with Crippen molar-refractivity contribution in [3.05, 3.63) is 125 Å². The van der Waals surface area contributed by atoms with Gasteiger partial charge in [-0.1, -0.05) is 72.8 Å². The van der Waals surface area contributed by atoms with Crippen molar-refractivity contribution in [2.45, 2.75) is 38.8 Å². The number of hydrogen-bond acceptors (Lipinski definition) is 5. The highest BCUT2D eigenvalue weighted by molar-refractivity contribution is 5.93. The van der Waals surface area contributed by atoms with Crippen molar-refractivity contribution >= 4 is 17.1 Å². The zero-order valence-electron chi connectivity index (χ0n) is 25.8. The first kappa shape index (κ1) is 28.3. The molecule has 7 rings (SSSR count). The fourth-order valence-corrected chi connectivity index (χ4v) is 7.03. The zero-order valence-corrected chi connectivity index (χ0v) is 25.8. The van der Waals surface area contributed by atoms with Crippen molar-refractivity contribution < 1.29 is 9.13 Å². The number of anilines is 3. The van der Waals surface area contributed by atoms with Gasteiger partial charge in [0.2, 0.25) is 0 Å². The molecular formula is C39H31FN4O. The second-order valence-electron chi connectivity index (χ2n) is 12.6. The van der Waals surface area contributed by atoms with Gasteiger partial charge in [0, 0.05) is 16.6 Å². The van der Waals surface area contributed by atoms with Crippen LogP contribution < -0.4 is 9.64 Å². The second-order valence-corrected chi connectivity index (χ2v) is 12.6. The minimum atomic E-state index is -0.741. The molecule has 220 valence electrons. The quantitative estimate of drug-likeness (QED) is 0.205. The molecule has 6 heteroatoms. The smallest absolute Gasteiger partial charge is 0.152 e. The van der Waals surface area contributed by atoms with Gasteiger partial charge in [-0.25, -0.2) is 4.39 Å².